The van der Waals surface area contributed by atoms with Crippen molar-refractivity contribution in [3.63, 3.8) is 0 Å². The van der Waals surface area contributed by atoms with E-state index in [2.05, 4.69) is 10.6 Å². The molecule has 412 valence electrons. The Kier molecular flexibility index (Phi) is 20.2. The maximum Gasteiger partial charge on any atom is 0.217 e. The van der Waals surface area contributed by atoms with Gasteiger partial charge in [-0.15, -0.1) is 0 Å². The standard InChI is InChI=1S/C40H68N2O29/c1-9-19(49)23(53)26(56)37(61-9)67-31-16(8-46)66-36(18(42-12(4)48)33(31)70-39-28(58)25(55)21(51)13(5-43)64-39)71-34-22(52)14(6-44)65-40(29(34)59)68-30-15(7-45)63-35(60)17(41-11(3)47)32(30)69-38-27(57)24(54)20(50)10(2)62-38/h9-10,13-40,43-46,49-60H,5-8H2,1-4H3,(H,41,47)(H,42,48)/t9-,10-,13+,14+,15+,16+,17+,18+,19+,20+,21-,22-,23+,24+,25-,26-,27-,28+,29+,30+,31+,32+,33+,34-,35+,36-,37-,38-,39-,40-/m0/s1. The number of rotatable bonds is 16. The minimum absolute atomic E-state index is 0.774. The Morgan fingerprint density at radius 3 is 1.15 bits per heavy atom. The molecule has 71 heavy (non-hydrogen) atoms. The SMILES string of the molecule is CC(=O)N[C@@H]1[C@@H](O[C@@H]2O[C@@H](C)[C@@H](O)[C@@H](O)[C@@H]2O)[C@H](O[C@@H]2O[C@H](CO)[C@H](O)[C@H](O[C@@H]3O[C@H](CO)[C@@H](O[C@@H]4O[C@@H](C)[C@@H](O)[C@@H](O)[C@@H]4O)[C@H](O[C@@H]4O[C@H](CO)[C@H](O)[C@H](O)[C@H]4O)[C@H]3NC(C)=O)[C@H]2O)[C@@H](CO)O[C@H]1O. The third kappa shape index (κ3) is 12.4. The van der Waals surface area contributed by atoms with E-state index >= 15 is 0 Å². The maximum absolute atomic E-state index is 13.0. The monoisotopic (exact) mass is 1040 g/mol. The van der Waals surface area contributed by atoms with Gasteiger partial charge in [0.15, 0.2) is 37.7 Å². The van der Waals surface area contributed by atoms with E-state index in [1.807, 2.05) is 0 Å². The first-order valence-electron chi connectivity index (χ1n) is 22.8. The molecular weight excluding hydrogens is 972 g/mol. The van der Waals surface area contributed by atoms with E-state index in [0.29, 0.717) is 0 Å². The molecule has 0 saturated carbocycles. The summed E-state index contributed by atoms with van der Waals surface area (Å²) >= 11 is 0. The second-order valence-electron chi connectivity index (χ2n) is 18.2. The van der Waals surface area contributed by atoms with E-state index in [0.717, 1.165) is 13.8 Å². The molecule has 31 heteroatoms. The first kappa shape index (κ1) is 58.1. The van der Waals surface area contributed by atoms with Gasteiger partial charge in [-0.25, -0.2) is 0 Å². The normalized spacial score (nSPS) is 50.8. The van der Waals surface area contributed by atoms with Gasteiger partial charge >= 0.3 is 0 Å². The fourth-order valence-electron chi connectivity index (χ4n) is 9.19. The van der Waals surface area contributed by atoms with E-state index in [1.165, 1.54) is 13.8 Å². The number of amides is 2. The van der Waals surface area contributed by atoms with Crippen LogP contribution in [0.3, 0.4) is 0 Å². The van der Waals surface area contributed by atoms with Gasteiger partial charge in [0.1, 0.15) is 134 Å². The van der Waals surface area contributed by atoms with Crippen molar-refractivity contribution >= 4 is 11.8 Å². The molecule has 6 aliphatic heterocycles. The molecule has 18 N–H and O–H groups in total. The zero-order chi connectivity index (χ0) is 52.5. The summed E-state index contributed by atoms with van der Waals surface area (Å²) in [7, 11) is 0. The van der Waals surface area contributed by atoms with Crippen LogP contribution < -0.4 is 10.6 Å². The number of aliphatic hydroxyl groups excluding tert-OH is 16. The van der Waals surface area contributed by atoms with Gasteiger partial charge in [0.05, 0.1) is 38.6 Å². The van der Waals surface area contributed by atoms with Crippen LogP contribution in [-0.2, 0) is 61.7 Å². The second kappa shape index (κ2) is 24.7. The van der Waals surface area contributed by atoms with E-state index in [4.69, 9.17) is 52.1 Å². The smallest absolute Gasteiger partial charge is 0.217 e. The number of hydrogen-bond donors (Lipinski definition) is 18. The van der Waals surface area contributed by atoms with Crippen molar-refractivity contribution in [2.45, 2.75) is 212 Å². The molecule has 0 bridgehead atoms. The van der Waals surface area contributed by atoms with Gasteiger partial charge in [-0.2, -0.15) is 0 Å². The Bertz CT molecular complexity index is 1710. The first-order chi connectivity index (χ1) is 33.5. The van der Waals surface area contributed by atoms with Crippen molar-refractivity contribution in [1.29, 1.82) is 0 Å². The average Bonchev–Trinajstić information content (AvgIpc) is 3.33. The molecule has 6 aliphatic rings. The molecule has 2 amide bonds. The van der Waals surface area contributed by atoms with Gasteiger partial charge in [-0.05, 0) is 13.8 Å². The van der Waals surface area contributed by atoms with Crippen LogP contribution in [0.25, 0.3) is 0 Å². The van der Waals surface area contributed by atoms with Gasteiger partial charge in [0, 0.05) is 13.8 Å². The summed E-state index contributed by atoms with van der Waals surface area (Å²) < 4.78 is 64.6. The third-order valence-electron chi connectivity index (χ3n) is 13.2. The molecule has 0 unspecified atom stereocenters. The summed E-state index contributed by atoms with van der Waals surface area (Å²) in [5.41, 5.74) is 0. The topological polar surface area (TPSA) is 483 Å². The molecule has 6 rings (SSSR count). The number of carbonyl (C=O) groups excluding carboxylic acids is 2. The van der Waals surface area contributed by atoms with Crippen molar-refractivity contribution in [3.8, 4) is 0 Å². The van der Waals surface area contributed by atoms with Gasteiger partial charge in [-0.3, -0.25) is 9.59 Å². The molecule has 0 aromatic rings. The Hall–Kier alpha value is -2.14. The molecule has 0 radical (unpaired) electrons. The highest BCUT2D eigenvalue weighted by Crippen LogP contribution is 2.38. The fourth-order valence-corrected chi connectivity index (χ4v) is 9.19. The van der Waals surface area contributed by atoms with Crippen LogP contribution >= 0.6 is 0 Å². The summed E-state index contributed by atoms with van der Waals surface area (Å²) in [5.74, 6) is -1.65. The van der Waals surface area contributed by atoms with Gasteiger partial charge in [-0.1, -0.05) is 0 Å². The van der Waals surface area contributed by atoms with Crippen LogP contribution in [0, 0.1) is 0 Å². The molecule has 6 heterocycles. The highest BCUT2D eigenvalue weighted by atomic mass is 16.8. The lowest BCUT2D eigenvalue weighted by Gasteiger charge is -2.52. The molecule has 31 nitrogen and oxygen atoms in total. The Balaban J connectivity index is 1.35. The second-order valence-corrected chi connectivity index (χ2v) is 18.2. The zero-order valence-corrected chi connectivity index (χ0v) is 38.6. The van der Waals surface area contributed by atoms with Crippen LogP contribution in [0.4, 0.5) is 0 Å². The van der Waals surface area contributed by atoms with Crippen LogP contribution in [-0.4, -0.2) is 304 Å². The third-order valence-corrected chi connectivity index (χ3v) is 13.2. The molecular formula is C40H68N2O29. The zero-order valence-electron chi connectivity index (χ0n) is 38.6. The Morgan fingerprint density at radius 1 is 0.366 bits per heavy atom. The van der Waals surface area contributed by atoms with Gasteiger partial charge in [0.25, 0.3) is 0 Å². The summed E-state index contributed by atoms with van der Waals surface area (Å²) in [6.45, 7) is 0.706. The highest BCUT2D eigenvalue weighted by Gasteiger charge is 2.59. The van der Waals surface area contributed by atoms with Crippen molar-refractivity contribution < 1.29 is 143 Å². The number of hydrogen-bond acceptors (Lipinski definition) is 29. The first-order valence-corrected chi connectivity index (χ1v) is 22.8. The summed E-state index contributed by atoms with van der Waals surface area (Å²) in [5, 5.41) is 177. The summed E-state index contributed by atoms with van der Waals surface area (Å²) in [6, 6.07) is -3.46. The number of nitrogens with one attached hydrogen (secondary N) is 2. The largest absolute Gasteiger partial charge is 0.394 e. The van der Waals surface area contributed by atoms with Crippen molar-refractivity contribution in [2.24, 2.45) is 0 Å². The van der Waals surface area contributed by atoms with Crippen LogP contribution in [0.15, 0.2) is 0 Å². The minimum Gasteiger partial charge on any atom is -0.394 e. The van der Waals surface area contributed by atoms with E-state index in [1.54, 1.807) is 0 Å². The quantitative estimate of drug-likeness (QED) is 0.0682. The molecule has 30 atom stereocenters. The molecule has 6 fully saturated rings. The predicted molar refractivity (Wildman–Crippen MR) is 220 cm³/mol. The van der Waals surface area contributed by atoms with Crippen LogP contribution in [0.5, 0.6) is 0 Å². The molecule has 0 aromatic heterocycles. The van der Waals surface area contributed by atoms with Crippen molar-refractivity contribution in [3.05, 3.63) is 0 Å². The Labute approximate surface area is 403 Å². The highest BCUT2D eigenvalue weighted by molar-refractivity contribution is 5.73. The summed E-state index contributed by atoms with van der Waals surface area (Å²) in [6.07, 6.45) is -51.4. The summed E-state index contributed by atoms with van der Waals surface area (Å²) in [4.78, 5) is 25.4. The molecule has 6 saturated heterocycles. The number of aliphatic hydroxyl groups is 16. The lowest BCUT2D eigenvalue weighted by molar-refractivity contribution is -0.393. The fraction of sp³-hybridized carbons (Fsp3) is 0.950. The number of ether oxygens (including phenoxy) is 11. The Morgan fingerprint density at radius 2 is 0.704 bits per heavy atom. The average molecular weight is 1040 g/mol. The molecule has 0 aliphatic carbocycles. The van der Waals surface area contributed by atoms with Crippen molar-refractivity contribution in [2.75, 3.05) is 26.4 Å². The van der Waals surface area contributed by atoms with E-state index < -0.39 is 222 Å². The van der Waals surface area contributed by atoms with Crippen LogP contribution in [0.2, 0.25) is 0 Å². The molecule has 0 aromatic carbocycles. The van der Waals surface area contributed by atoms with E-state index in [-0.39, 0.29) is 0 Å². The lowest BCUT2D eigenvalue weighted by Crippen LogP contribution is -2.71. The van der Waals surface area contributed by atoms with Crippen LogP contribution in [0.1, 0.15) is 27.7 Å². The van der Waals surface area contributed by atoms with Gasteiger partial charge in [0.2, 0.25) is 11.8 Å². The molecule has 0 spiro atoms. The minimum atomic E-state index is -2.25. The number of carbonyl (C=O) groups is 2. The lowest BCUT2D eigenvalue weighted by atomic mass is 9.93. The maximum atomic E-state index is 13.0. The predicted octanol–water partition coefficient (Wildman–Crippen LogP) is -11.8. The van der Waals surface area contributed by atoms with E-state index in [9.17, 15) is 91.3 Å². The van der Waals surface area contributed by atoms with Crippen molar-refractivity contribution in [1.82, 2.24) is 10.6 Å². The van der Waals surface area contributed by atoms with Gasteiger partial charge < -0.3 is 144 Å².